The fourth-order valence-corrected chi connectivity index (χ4v) is 5.97. The first-order chi connectivity index (χ1) is 26.5. The summed E-state index contributed by atoms with van der Waals surface area (Å²) in [5.74, 6) is 2.53. The second-order valence-electron chi connectivity index (χ2n) is 11.6. The van der Waals surface area contributed by atoms with Gasteiger partial charge in [0.2, 0.25) is 0 Å². The van der Waals surface area contributed by atoms with E-state index in [4.69, 9.17) is 16.3 Å². The number of alkyl halides is 5. The lowest BCUT2D eigenvalue weighted by Crippen LogP contribution is -2.08. The van der Waals surface area contributed by atoms with Crippen molar-refractivity contribution in [1.82, 2.24) is 38.9 Å². The number of imidazole rings is 2. The van der Waals surface area contributed by atoms with E-state index in [0.29, 0.717) is 39.4 Å². The number of rotatable bonds is 8. The third-order valence-corrected chi connectivity index (χ3v) is 8.35. The first-order valence-corrected chi connectivity index (χ1v) is 16.7. The normalized spacial score (nSPS) is 11.4. The van der Waals surface area contributed by atoms with Crippen molar-refractivity contribution in [3.05, 3.63) is 132 Å². The molecule has 5 heterocycles. The monoisotopic (exact) mass is 771 g/mol. The van der Waals surface area contributed by atoms with Crippen LogP contribution in [0.2, 0.25) is 5.02 Å². The van der Waals surface area contributed by atoms with Crippen LogP contribution in [0, 0.1) is 6.92 Å². The standard InChI is InChI=1S/C19H12ClF3N4O.C19H15F2N5O/c1-28-15-6-5-11(8-12(15)20)13-9-24-10-14(25-13)17-18(19(21,22)23)26-16-4-2-3-7-27(16)17;1-12-23-15-4-2-3-5-16(15)26(12)18-11-22-10-17(25-18)24-13-6-8-14(9-7-13)27-19(20)21/h2-10H,1H3;2-11,19H,1H3,(H,24,25). The predicted octanol–water partition coefficient (Wildman–Crippen LogP) is 9.61. The van der Waals surface area contributed by atoms with Gasteiger partial charge in [-0.2, -0.15) is 22.0 Å². The number of nitrogens with zero attached hydrogens (tertiary/aromatic N) is 8. The highest BCUT2D eigenvalue weighted by molar-refractivity contribution is 6.32. The van der Waals surface area contributed by atoms with E-state index < -0.39 is 18.5 Å². The van der Waals surface area contributed by atoms with Crippen LogP contribution in [0.25, 0.3) is 45.1 Å². The summed E-state index contributed by atoms with van der Waals surface area (Å²) in [6, 6.07) is 23.7. The molecule has 0 bridgehead atoms. The summed E-state index contributed by atoms with van der Waals surface area (Å²) in [5, 5.41) is 3.46. The van der Waals surface area contributed by atoms with Gasteiger partial charge in [-0.05, 0) is 73.7 Å². The van der Waals surface area contributed by atoms with E-state index in [1.54, 1.807) is 54.9 Å². The number of nitrogens with one attached hydrogen (secondary N) is 1. The van der Waals surface area contributed by atoms with Gasteiger partial charge < -0.3 is 14.8 Å². The molecule has 0 atom stereocenters. The Morgan fingerprint density at radius 1 is 0.800 bits per heavy atom. The van der Waals surface area contributed by atoms with Crippen molar-refractivity contribution in [2.75, 3.05) is 12.4 Å². The van der Waals surface area contributed by atoms with E-state index in [-0.39, 0.29) is 22.8 Å². The number of pyridine rings is 1. The zero-order valence-corrected chi connectivity index (χ0v) is 29.5. The van der Waals surface area contributed by atoms with E-state index in [1.807, 2.05) is 35.8 Å². The SMILES string of the molecule is COc1ccc(-c2cncc(-c3c(C(F)(F)F)nc4ccccn34)n2)cc1Cl.Cc1nc2ccccc2n1-c1cncc(Nc2ccc(OC(F)F)cc2)n1. The largest absolute Gasteiger partial charge is 0.495 e. The number of halogens is 6. The number of aromatic nitrogens is 8. The van der Waals surface area contributed by atoms with Crippen LogP contribution in [0.3, 0.4) is 0 Å². The van der Waals surface area contributed by atoms with Crippen molar-refractivity contribution >= 4 is 39.8 Å². The predicted molar refractivity (Wildman–Crippen MR) is 196 cm³/mol. The average Bonchev–Trinajstić information content (AvgIpc) is 3.74. The molecule has 0 saturated heterocycles. The molecular weight excluding hydrogens is 745 g/mol. The van der Waals surface area contributed by atoms with Crippen LogP contribution >= 0.6 is 11.6 Å². The quantitative estimate of drug-likeness (QED) is 0.151. The van der Waals surface area contributed by atoms with Gasteiger partial charge in [0, 0.05) is 17.4 Å². The van der Waals surface area contributed by atoms with Crippen molar-refractivity contribution in [2.24, 2.45) is 0 Å². The Balaban J connectivity index is 0.000000169. The zero-order chi connectivity index (χ0) is 38.7. The van der Waals surface area contributed by atoms with Gasteiger partial charge in [-0.25, -0.2) is 19.9 Å². The summed E-state index contributed by atoms with van der Waals surface area (Å²) in [5.41, 5.74) is 2.51. The fourth-order valence-electron chi connectivity index (χ4n) is 5.71. The lowest BCUT2D eigenvalue weighted by atomic mass is 10.1. The maximum Gasteiger partial charge on any atom is 0.435 e. The molecule has 0 aliphatic carbocycles. The number of hydrogen-bond donors (Lipinski definition) is 1. The van der Waals surface area contributed by atoms with Crippen LogP contribution in [0.15, 0.2) is 116 Å². The Kier molecular flexibility index (Phi) is 10.2. The fraction of sp³-hybridized carbons (Fsp3) is 0.105. The number of aryl methyl sites for hydroxylation is 1. The molecule has 8 rings (SSSR count). The lowest BCUT2D eigenvalue weighted by molar-refractivity contribution is -0.140. The maximum absolute atomic E-state index is 13.6. The van der Waals surface area contributed by atoms with Gasteiger partial charge in [0.15, 0.2) is 17.3 Å². The third kappa shape index (κ3) is 7.99. The molecule has 0 amide bonds. The van der Waals surface area contributed by atoms with Crippen LogP contribution in [0.5, 0.6) is 11.5 Å². The van der Waals surface area contributed by atoms with Crippen LogP contribution in [0.1, 0.15) is 11.5 Å². The first kappa shape index (κ1) is 36.7. The van der Waals surface area contributed by atoms with E-state index >= 15 is 0 Å². The molecule has 0 saturated carbocycles. The molecule has 11 nitrogen and oxygen atoms in total. The Morgan fingerprint density at radius 2 is 1.55 bits per heavy atom. The van der Waals surface area contributed by atoms with Crippen LogP contribution in [0.4, 0.5) is 33.5 Å². The van der Waals surface area contributed by atoms with Gasteiger partial charge in [0.1, 0.15) is 34.4 Å². The highest BCUT2D eigenvalue weighted by Gasteiger charge is 2.39. The molecule has 0 fully saturated rings. The van der Waals surface area contributed by atoms with E-state index in [1.165, 1.54) is 48.3 Å². The number of hydrogen-bond acceptors (Lipinski definition) is 9. The molecule has 8 aromatic rings. The second-order valence-corrected chi connectivity index (χ2v) is 12.1. The van der Waals surface area contributed by atoms with Crippen molar-refractivity contribution in [3.8, 4) is 40.0 Å². The number of fused-ring (bicyclic) bond motifs is 2. The van der Waals surface area contributed by atoms with E-state index in [2.05, 4.69) is 40.0 Å². The molecule has 0 spiro atoms. The Labute approximate surface area is 314 Å². The summed E-state index contributed by atoms with van der Waals surface area (Å²) in [6.07, 6.45) is 2.85. The van der Waals surface area contributed by atoms with Crippen molar-refractivity contribution in [1.29, 1.82) is 0 Å². The maximum atomic E-state index is 13.6. The second kappa shape index (κ2) is 15.4. The highest BCUT2D eigenvalue weighted by atomic mass is 35.5. The van der Waals surface area contributed by atoms with Crippen molar-refractivity contribution < 1.29 is 31.4 Å². The number of para-hydroxylation sites is 2. The molecule has 55 heavy (non-hydrogen) atoms. The van der Waals surface area contributed by atoms with Crippen LogP contribution in [-0.2, 0) is 6.18 Å². The van der Waals surface area contributed by atoms with Crippen LogP contribution in [-0.4, -0.2) is 52.6 Å². The summed E-state index contributed by atoms with van der Waals surface area (Å²) < 4.78 is 77.9. The summed E-state index contributed by atoms with van der Waals surface area (Å²) in [4.78, 5) is 25.6. The number of methoxy groups -OCH3 is 1. The van der Waals surface area contributed by atoms with Crippen LogP contribution < -0.4 is 14.8 Å². The topological polar surface area (TPSA) is 117 Å². The van der Waals surface area contributed by atoms with Crippen molar-refractivity contribution in [3.63, 3.8) is 0 Å². The molecule has 0 unspecified atom stereocenters. The average molecular weight is 772 g/mol. The molecule has 278 valence electrons. The molecular formula is C38H27ClF5N9O2. The lowest BCUT2D eigenvalue weighted by Gasteiger charge is -2.10. The highest BCUT2D eigenvalue weighted by Crippen LogP contribution is 2.37. The smallest absolute Gasteiger partial charge is 0.435 e. The Morgan fingerprint density at radius 3 is 2.29 bits per heavy atom. The van der Waals surface area contributed by atoms with Gasteiger partial charge in [0.25, 0.3) is 0 Å². The van der Waals surface area contributed by atoms with Gasteiger partial charge in [-0.1, -0.05) is 29.8 Å². The molecule has 1 N–H and O–H groups in total. The van der Waals surface area contributed by atoms with Gasteiger partial charge in [-0.15, -0.1) is 0 Å². The van der Waals surface area contributed by atoms with Gasteiger partial charge in [-0.3, -0.25) is 18.9 Å². The van der Waals surface area contributed by atoms with Gasteiger partial charge >= 0.3 is 12.8 Å². The molecule has 0 radical (unpaired) electrons. The molecule has 17 heteroatoms. The Hall–Kier alpha value is -6.68. The molecule has 0 aliphatic heterocycles. The molecule has 0 aliphatic rings. The first-order valence-electron chi connectivity index (χ1n) is 16.3. The van der Waals surface area contributed by atoms with Gasteiger partial charge in [0.05, 0.1) is 53.6 Å². The molecule has 3 aromatic carbocycles. The summed E-state index contributed by atoms with van der Waals surface area (Å²) in [7, 11) is 1.49. The van der Waals surface area contributed by atoms with E-state index in [9.17, 15) is 22.0 Å². The molecule has 5 aromatic heterocycles. The Bertz CT molecular complexity index is 2610. The minimum Gasteiger partial charge on any atom is -0.495 e. The summed E-state index contributed by atoms with van der Waals surface area (Å²) in [6.45, 7) is -0.941. The minimum absolute atomic E-state index is 0.0514. The summed E-state index contributed by atoms with van der Waals surface area (Å²) >= 11 is 6.15. The number of benzene rings is 3. The minimum atomic E-state index is -4.64. The third-order valence-electron chi connectivity index (χ3n) is 8.05. The van der Waals surface area contributed by atoms with Crippen molar-refractivity contribution in [2.45, 2.75) is 19.7 Å². The number of ether oxygens (including phenoxy) is 2. The number of anilines is 2. The zero-order valence-electron chi connectivity index (χ0n) is 28.7. The van der Waals surface area contributed by atoms with E-state index in [0.717, 1.165) is 16.9 Å².